The zero-order valence-electron chi connectivity index (χ0n) is 9.94. The van der Waals surface area contributed by atoms with Gasteiger partial charge in [-0.25, -0.2) is 0 Å². The molecule has 0 saturated carbocycles. The van der Waals surface area contributed by atoms with Gasteiger partial charge in [0.05, 0.1) is 21.7 Å². The first-order valence-electron chi connectivity index (χ1n) is 5.92. The van der Waals surface area contributed by atoms with Gasteiger partial charge in [0.15, 0.2) is 0 Å². The number of halogens is 3. The van der Waals surface area contributed by atoms with Crippen molar-refractivity contribution in [1.29, 1.82) is 0 Å². The molecule has 96 valence electrons. The lowest BCUT2D eigenvalue weighted by Crippen LogP contribution is -1.98. The molecule has 0 amide bonds. The first-order valence-corrected chi connectivity index (χ1v) is 7.06. The summed E-state index contributed by atoms with van der Waals surface area (Å²) in [5, 5.41) is 1.43. The minimum absolute atomic E-state index is 0.451. The zero-order valence-corrected chi connectivity index (χ0v) is 12.2. The number of hydrogen-bond acceptors (Lipinski definition) is 1. The maximum absolute atomic E-state index is 6.00. The van der Waals surface area contributed by atoms with E-state index < -0.39 is 0 Å². The van der Waals surface area contributed by atoms with Crippen LogP contribution < -0.4 is 4.74 Å². The Bertz CT molecular complexity index is 353. The monoisotopic (exact) mass is 294 g/mol. The van der Waals surface area contributed by atoms with Crippen LogP contribution in [0.25, 0.3) is 0 Å². The van der Waals surface area contributed by atoms with E-state index in [2.05, 4.69) is 6.92 Å². The van der Waals surface area contributed by atoms with Gasteiger partial charge < -0.3 is 4.74 Å². The molecule has 1 aromatic rings. The summed E-state index contributed by atoms with van der Waals surface area (Å²) in [6.07, 6.45) is 6.02. The molecule has 0 bridgehead atoms. The van der Waals surface area contributed by atoms with Crippen LogP contribution in [0.4, 0.5) is 0 Å². The summed E-state index contributed by atoms with van der Waals surface area (Å²) in [5.41, 5.74) is 0. The van der Waals surface area contributed by atoms with E-state index in [0.29, 0.717) is 27.4 Å². The Morgan fingerprint density at radius 1 is 0.882 bits per heavy atom. The van der Waals surface area contributed by atoms with Gasteiger partial charge in [0.1, 0.15) is 5.75 Å². The van der Waals surface area contributed by atoms with Gasteiger partial charge in [0.2, 0.25) is 0 Å². The fourth-order valence-electron chi connectivity index (χ4n) is 1.50. The average Bonchev–Trinajstić information content (AvgIpc) is 2.30. The van der Waals surface area contributed by atoms with Crippen LogP contribution in [0.3, 0.4) is 0 Å². The summed E-state index contributed by atoms with van der Waals surface area (Å²) in [6, 6.07) is 3.27. The van der Waals surface area contributed by atoms with Crippen molar-refractivity contribution in [2.24, 2.45) is 0 Å². The minimum Gasteiger partial charge on any atom is -0.492 e. The third-order valence-corrected chi connectivity index (χ3v) is 3.50. The van der Waals surface area contributed by atoms with Crippen molar-refractivity contribution in [3.05, 3.63) is 27.2 Å². The normalized spacial score (nSPS) is 10.6. The molecule has 0 aliphatic rings. The van der Waals surface area contributed by atoms with E-state index >= 15 is 0 Å². The summed E-state index contributed by atoms with van der Waals surface area (Å²) < 4.78 is 5.58. The molecule has 0 atom stereocenters. The molecule has 0 N–H and O–H groups in total. The highest BCUT2D eigenvalue weighted by Crippen LogP contribution is 2.33. The van der Waals surface area contributed by atoms with Crippen LogP contribution in [0, 0.1) is 0 Å². The van der Waals surface area contributed by atoms with Gasteiger partial charge in [-0.2, -0.15) is 0 Å². The summed E-state index contributed by atoms with van der Waals surface area (Å²) in [7, 11) is 0. The van der Waals surface area contributed by atoms with Gasteiger partial charge >= 0.3 is 0 Å². The summed E-state index contributed by atoms with van der Waals surface area (Å²) >= 11 is 17.7. The van der Waals surface area contributed by atoms with Crippen LogP contribution in [0.5, 0.6) is 5.75 Å². The quantitative estimate of drug-likeness (QED) is 0.443. The fraction of sp³-hybridized carbons (Fsp3) is 0.538. The second-order valence-corrected chi connectivity index (χ2v) is 5.18. The fourth-order valence-corrected chi connectivity index (χ4v) is 2.09. The highest BCUT2D eigenvalue weighted by atomic mass is 35.5. The molecule has 0 aliphatic carbocycles. The van der Waals surface area contributed by atoms with Crippen molar-refractivity contribution < 1.29 is 4.74 Å². The lowest BCUT2D eigenvalue weighted by atomic mass is 10.2. The predicted octanol–water partition coefficient (Wildman–Crippen LogP) is 6.00. The van der Waals surface area contributed by atoms with E-state index in [9.17, 15) is 0 Å². The van der Waals surface area contributed by atoms with Crippen LogP contribution >= 0.6 is 34.8 Å². The van der Waals surface area contributed by atoms with Crippen molar-refractivity contribution in [2.75, 3.05) is 6.61 Å². The Hall–Kier alpha value is -0.110. The zero-order chi connectivity index (χ0) is 12.7. The van der Waals surface area contributed by atoms with Crippen LogP contribution in [0.1, 0.15) is 39.0 Å². The summed E-state index contributed by atoms with van der Waals surface area (Å²) in [4.78, 5) is 0. The van der Waals surface area contributed by atoms with Gasteiger partial charge in [-0.05, 0) is 12.5 Å². The Morgan fingerprint density at radius 2 is 1.53 bits per heavy atom. The second kappa shape index (κ2) is 8.07. The van der Waals surface area contributed by atoms with Gasteiger partial charge in [0, 0.05) is 6.07 Å². The van der Waals surface area contributed by atoms with E-state index in [-0.39, 0.29) is 0 Å². The Labute approximate surface area is 118 Å². The van der Waals surface area contributed by atoms with Crippen LogP contribution in [-0.2, 0) is 0 Å². The molecule has 1 nitrogen and oxygen atoms in total. The van der Waals surface area contributed by atoms with Crippen molar-refractivity contribution in [2.45, 2.75) is 39.0 Å². The third-order valence-electron chi connectivity index (χ3n) is 2.48. The van der Waals surface area contributed by atoms with Crippen molar-refractivity contribution >= 4 is 34.8 Å². The van der Waals surface area contributed by atoms with Crippen LogP contribution in [-0.4, -0.2) is 6.61 Å². The van der Waals surface area contributed by atoms with E-state index in [4.69, 9.17) is 39.5 Å². The molecule has 1 rings (SSSR count). The topological polar surface area (TPSA) is 9.23 Å². The molecule has 0 fully saturated rings. The standard InChI is InChI=1S/C13H17Cl3O/c1-2-3-4-5-6-7-17-13-9-11(15)10(14)8-12(13)16/h8-9H,2-7H2,1H3. The molecule has 0 aliphatic heterocycles. The number of rotatable bonds is 7. The Balaban J connectivity index is 2.34. The van der Waals surface area contributed by atoms with E-state index in [1.54, 1.807) is 12.1 Å². The summed E-state index contributed by atoms with van der Waals surface area (Å²) in [5.74, 6) is 0.608. The largest absolute Gasteiger partial charge is 0.492 e. The van der Waals surface area contributed by atoms with E-state index in [1.165, 1.54) is 25.7 Å². The van der Waals surface area contributed by atoms with Gasteiger partial charge in [-0.3, -0.25) is 0 Å². The molecule has 0 unspecified atom stereocenters. The van der Waals surface area contributed by atoms with Gasteiger partial charge in [-0.1, -0.05) is 67.4 Å². The molecule has 17 heavy (non-hydrogen) atoms. The first kappa shape index (κ1) is 14.9. The molecule has 0 saturated heterocycles. The van der Waals surface area contributed by atoms with Crippen molar-refractivity contribution in [3.8, 4) is 5.75 Å². The van der Waals surface area contributed by atoms with Gasteiger partial charge in [-0.15, -0.1) is 0 Å². The Morgan fingerprint density at radius 3 is 2.24 bits per heavy atom. The lowest BCUT2D eigenvalue weighted by Gasteiger charge is -2.09. The molecule has 0 radical (unpaired) electrons. The number of ether oxygens (including phenoxy) is 1. The highest BCUT2D eigenvalue weighted by molar-refractivity contribution is 6.43. The maximum atomic E-state index is 6.00. The van der Waals surface area contributed by atoms with Crippen molar-refractivity contribution in [1.82, 2.24) is 0 Å². The molecular formula is C13H17Cl3O. The first-order chi connectivity index (χ1) is 8.15. The second-order valence-electron chi connectivity index (χ2n) is 3.96. The van der Waals surface area contributed by atoms with E-state index in [1.807, 2.05) is 0 Å². The number of hydrogen-bond donors (Lipinski definition) is 0. The third kappa shape index (κ3) is 5.37. The minimum atomic E-state index is 0.451. The molecule has 0 aromatic heterocycles. The lowest BCUT2D eigenvalue weighted by molar-refractivity contribution is 0.305. The molecule has 0 spiro atoms. The predicted molar refractivity (Wildman–Crippen MR) is 75.7 cm³/mol. The molecule has 0 heterocycles. The molecule has 4 heteroatoms. The highest BCUT2D eigenvalue weighted by Gasteiger charge is 2.06. The summed E-state index contributed by atoms with van der Waals surface area (Å²) in [6.45, 7) is 2.87. The van der Waals surface area contributed by atoms with Gasteiger partial charge in [0.25, 0.3) is 0 Å². The Kier molecular flexibility index (Phi) is 7.10. The number of unbranched alkanes of at least 4 members (excludes halogenated alkanes) is 4. The maximum Gasteiger partial charge on any atom is 0.139 e. The van der Waals surface area contributed by atoms with Crippen LogP contribution in [0.15, 0.2) is 12.1 Å². The number of benzene rings is 1. The smallest absolute Gasteiger partial charge is 0.139 e. The average molecular weight is 296 g/mol. The van der Waals surface area contributed by atoms with Crippen LogP contribution in [0.2, 0.25) is 15.1 Å². The van der Waals surface area contributed by atoms with Crippen molar-refractivity contribution in [3.63, 3.8) is 0 Å². The van der Waals surface area contributed by atoms with E-state index in [0.717, 1.165) is 6.42 Å². The molecular weight excluding hydrogens is 279 g/mol. The SMILES string of the molecule is CCCCCCCOc1cc(Cl)c(Cl)cc1Cl. The molecule has 1 aromatic carbocycles.